The van der Waals surface area contributed by atoms with E-state index in [1.165, 1.54) is 6.07 Å². The molecule has 8 heteroatoms. The maximum atomic E-state index is 14.2. The molecule has 3 amide bonds. The van der Waals surface area contributed by atoms with E-state index in [0.717, 1.165) is 27.2 Å². The molecule has 4 aromatic rings. The number of hydrogen-bond donors (Lipinski definition) is 1. The highest BCUT2D eigenvalue weighted by Crippen LogP contribution is 2.61. The summed E-state index contributed by atoms with van der Waals surface area (Å²) >= 11 is 0. The Hall–Kier alpha value is -5.24. The topological polar surface area (TPSA) is 102 Å². The van der Waals surface area contributed by atoms with Gasteiger partial charge in [-0.2, -0.15) is 0 Å². The Labute approximate surface area is 248 Å². The van der Waals surface area contributed by atoms with Gasteiger partial charge in [-0.25, -0.2) is 9.69 Å². The van der Waals surface area contributed by atoms with E-state index >= 15 is 0 Å². The molecular weight excluding hydrogens is 544 g/mol. The fourth-order valence-corrected chi connectivity index (χ4v) is 7.00. The van der Waals surface area contributed by atoms with E-state index in [4.69, 9.17) is 9.47 Å². The molecule has 0 saturated carbocycles. The lowest BCUT2D eigenvalue weighted by molar-refractivity contribution is -0.122. The maximum Gasteiger partial charge on any atom is 0.340 e. The first-order valence-corrected chi connectivity index (χ1v) is 14.3. The summed E-state index contributed by atoms with van der Waals surface area (Å²) in [5.74, 6) is -3.21. The van der Waals surface area contributed by atoms with Gasteiger partial charge in [0.2, 0.25) is 11.8 Å². The molecule has 0 radical (unpaired) electrons. The van der Waals surface area contributed by atoms with E-state index in [0.29, 0.717) is 18.0 Å². The summed E-state index contributed by atoms with van der Waals surface area (Å²) in [7, 11) is 0. The first kappa shape index (κ1) is 26.6. The van der Waals surface area contributed by atoms with Crippen LogP contribution in [0.4, 0.5) is 11.4 Å². The monoisotopic (exact) mass is 572 g/mol. The molecule has 0 aromatic heterocycles. The van der Waals surface area contributed by atoms with Crippen molar-refractivity contribution >= 4 is 35.1 Å². The van der Waals surface area contributed by atoms with Crippen LogP contribution in [0.3, 0.4) is 0 Å². The summed E-state index contributed by atoms with van der Waals surface area (Å²) in [6.07, 6.45) is 0. The summed E-state index contributed by atoms with van der Waals surface area (Å²) in [5.41, 5.74) is 4.93. The Morgan fingerprint density at radius 2 is 1.23 bits per heavy atom. The van der Waals surface area contributed by atoms with Crippen LogP contribution in [0.1, 0.15) is 51.4 Å². The third-order valence-electron chi connectivity index (χ3n) is 8.61. The van der Waals surface area contributed by atoms with Crippen molar-refractivity contribution in [3.8, 4) is 5.75 Å². The molecule has 8 rings (SSSR count). The molecule has 0 spiro atoms. The Balaban J connectivity index is 1.16. The van der Waals surface area contributed by atoms with Crippen LogP contribution < -0.4 is 15.0 Å². The van der Waals surface area contributed by atoms with E-state index in [1.807, 2.05) is 55.5 Å². The Morgan fingerprint density at radius 3 is 1.81 bits per heavy atom. The van der Waals surface area contributed by atoms with Crippen molar-refractivity contribution in [1.82, 2.24) is 0 Å². The molecule has 4 aromatic carbocycles. The number of rotatable bonds is 7. The Morgan fingerprint density at radius 1 is 0.721 bits per heavy atom. The lowest BCUT2D eigenvalue weighted by Crippen LogP contribution is -2.41. The van der Waals surface area contributed by atoms with Gasteiger partial charge in [0.1, 0.15) is 5.75 Å². The van der Waals surface area contributed by atoms with E-state index in [2.05, 4.69) is 5.32 Å². The molecule has 1 fully saturated rings. The summed E-state index contributed by atoms with van der Waals surface area (Å²) in [5, 5.41) is 2.69. The Kier molecular flexibility index (Phi) is 6.54. The molecule has 2 bridgehead atoms. The highest BCUT2D eigenvalue weighted by molar-refractivity contribution is 6.25. The predicted molar refractivity (Wildman–Crippen MR) is 159 cm³/mol. The van der Waals surface area contributed by atoms with Crippen molar-refractivity contribution < 1.29 is 28.7 Å². The average Bonchev–Trinajstić information content (AvgIpc) is 3.30. The van der Waals surface area contributed by atoms with Crippen molar-refractivity contribution in [2.45, 2.75) is 18.8 Å². The van der Waals surface area contributed by atoms with E-state index in [9.17, 15) is 19.2 Å². The lowest BCUT2D eigenvalue weighted by atomic mass is 9.55. The quantitative estimate of drug-likeness (QED) is 0.239. The standard InChI is InChI=1S/C35H28N2O6/c1-2-42-27-18-10-8-16-25(27)36-28(38)19-43-35(41)24-15-7-9-17-26(24)37-33(39)31-29-20-11-3-4-12-21(20)30(32(31)34(37)40)23-14-6-5-13-22(23)29/h3-18,29-32H,2,19H2,1H3,(H,36,38)/t29?,30?,31-,32+. The van der Waals surface area contributed by atoms with Crippen LogP contribution in [0.2, 0.25) is 0 Å². The second-order valence-corrected chi connectivity index (χ2v) is 10.8. The number of esters is 1. The largest absolute Gasteiger partial charge is 0.492 e. The lowest BCUT2D eigenvalue weighted by Gasteiger charge is -2.45. The summed E-state index contributed by atoms with van der Waals surface area (Å²) in [6, 6.07) is 29.4. The molecule has 43 heavy (non-hydrogen) atoms. The zero-order chi connectivity index (χ0) is 29.7. The number of para-hydroxylation sites is 3. The smallest absolute Gasteiger partial charge is 0.340 e. The second-order valence-electron chi connectivity index (χ2n) is 10.8. The zero-order valence-corrected chi connectivity index (χ0v) is 23.4. The minimum absolute atomic E-state index is 0.0349. The van der Waals surface area contributed by atoms with E-state index < -0.39 is 30.3 Å². The van der Waals surface area contributed by atoms with Crippen LogP contribution in [0, 0.1) is 11.8 Å². The minimum Gasteiger partial charge on any atom is -0.492 e. The highest BCUT2D eigenvalue weighted by Gasteiger charge is 2.62. The van der Waals surface area contributed by atoms with Gasteiger partial charge >= 0.3 is 5.97 Å². The molecular formula is C35H28N2O6. The van der Waals surface area contributed by atoms with Crippen LogP contribution in [0.5, 0.6) is 5.75 Å². The van der Waals surface area contributed by atoms with Gasteiger partial charge < -0.3 is 14.8 Å². The van der Waals surface area contributed by atoms with Gasteiger partial charge in [0.15, 0.2) is 6.61 Å². The average molecular weight is 573 g/mol. The molecule has 214 valence electrons. The maximum absolute atomic E-state index is 14.2. The molecule has 4 aliphatic rings. The number of nitrogens with zero attached hydrogens (tertiary/aromatic N) is 1. The first-order chi connectivity index (χ1) is 21.0. The summed E-state index contributed by atoms with van der Waals surface area (Å²) < 4.78 is 10.9. The first-order valence-electron chi connectivity index (χ1n) is 14.3. The van der Waals surface area contributed by atoms with Gasteiger partial charge in [-0.05, 0) is 53.4 Å². The summed E-state index contributed by atoms with van der Waals surface area (Å²) in [6.45, 7) is 1.70. The number of carbonyl (C=O) groups is 4. The number of benzene rings is 4. The van der Waals surface area contributed by atoms with Gasteiger partial charge in [0.25, 0.3) is 5.91 Å². The third-order valence-corrected chi connectivity index (χ3v) is 8.61. The molecule has 1 N–H and O–H groups in total. The van der Waals surface area contributed by atoms with Crippen LogP contribution >= 0.6 is 0 Å². The molecule has 0 unspecified atom stereocenters. The van der Waals surface area contributed by atoms with E-state index in [1.54, 1.807) is 42.5 Å². The number of anilines is 2. The Bertz CT molecular complexity index is 1680. The number of imide groups is 1. The van der Waals surface area contributed by atoms with Crippen LogP contribution in [0.15, 0.2) is 97.1 Å². The van der Waals surface area contributed by atoms with Crippen LogP contribution in [-0.2, 0) is 19.1 Å². The predicted octanol–water partition coefficient (Wildman–Crippen LogP) is 5.28. The van der Waals surface area contributed by atoms with Crippen molar-refractivity contribution in [2.24, 2.45) is 11.8 Å². The number of ether oxygens (including phenoxy) is 2. The molecule has 8 nitrogen and oxygen atoms in total. The van der Waals surface area contributed by atoms with Crippen molar-refractivity contribution in [3.63, 3.8) is 0 Å². The van der Waals surface area contributed by atoms with Crippen LogP contribution in [-0.4, -0.2) is 36.9 Å². The van der Waals surface area contributed by atoms with Crippen LogP contribution in [0.25, 0.3) is 0 Å². The minimum atomic E-state index is -0.811. The zero-order valence-electron chi connectivity index (χ0n) is 23.4. The van der Waals surface area contributed by atoms with Crippen molar-refractivity contribution in [2.75, 3.05) is 23.4 Å². The van der Waals surface area contributed by atoms with Gasteiger partial charge in [0.05, 0.1) is 35.4 Å². The number of carbonyl (C=O) groups excluding carboxylic acids is 4. The fraction of sp³-hybridized carbons (Fsp3) is 0.200. The molecule has 1 aliphatic heterocycles. The highest BCUT2D eigenvalue weighted by atomic mass is 16.5. The number of hydrogen-bond acceptors (Lipinski definition) is 6. The van der Waals surface area contributed by atoms with Crippen molar-refractivity contribution in [1.29, 1.82) is 0 Å². The number of nitrogens with one attached hydrogen (secondary N) is 1. The van der Waals surface area contributed by atoms with Gasteiger partial charge in [-0.15, -0.1) is 0 Å². The molecule has 2 atom stereocenters. The molecule has 3 aliphatic carbocycles. The third kappa shape index (κ3) is 4.21. The summed E-state index contributed by atoms with van der Waals surface area (Å²) in [4.78, 5) is 55.4. The van der Waals surface area contributed by atoms with E-state index in [-0.39, 0.29) is 34.9 Å². The number of amides is 3. The molecule has 1 saturated heterocycles. The van der Waals surface area contributed by atoms with Gasteiger partial charge in [0, 0.05) is 11.8 Å². The SMILES string of the molecule is CCOc1ccccc1NC(=O)COC(=O)c1ccccc1N1C(=O)[C@@H]2C3c4ccccc4C(c4ccccc43)[C@@H]2C1=O. The van der Waals surface area contributed by atoms with Crippen molar-refractivity contribution in [3.05, 3.63) is 125 Å². The normalized spacial score (nSPS) is 21.1. The van der Waals surface area contributed by atoms with Gasteiger partial charge in [-0.3, -0.25) is 14.4 Å². The fourth-order valence-electron chi connectivity index (χ4n) is 7.00. The van der Waals surface area contributed by atoms with Gasteiger partial charge in [-0.1, -0.05) is 72.8 Å². The molecule has 1 heterocycles. The second kappa shape index (κ2) is 10.5.